The molecule has 1 N–H and O–H groups in total. The monoisotopic (exact) mass is 305 g/mol. The number of carbonyl (C=O) groups excluding carboxylic acids is 1. The van der Waals surface area contributed by atoms with Crippen molar-refractivity contribution in [3.8, 4) is 0 Å². The fourth-order valence-corrected chi connectivity index (χ4v) is 2.43. The van der Waals surface area contributed by atoms with Gasteiger partial charge in [0.15, 0.2) is 0 Å². The van der Waals surface area contributed by atoms with Crippen LogP contribution < -0.4 is 5.32 Å². The van der Waals surface area contributed by atoms with Gasteiger partial charge in [-0.2, -0.15) is 0 Å². The maximum Gasteiger partial charge on any atom is 0.225 e. The van der Waals surface area contributed by atoms with E-state index in [1.807, 2.05) is 45.2 Å². The van der Waals surface area contributed by atoms with E-state index in [9.17, 15) is 4.79 Å². The minimum absolute atomic E-state index is 0.0913. The zero-order chi connectivity index (χ0) is 16.0. The van der Waals surface area contributed by atoms with Crippen LogP contribution in [0.1, 0.15) is 32.9 Å². The number of nitrogens with one attached hydrogen (secondary N) is 1. The summed E-state index contributed by atoms with van der Waals surface area (Å²) in [5, 5.41) is 2.98. The number of rotatable bonds is 5. The summed E-state index contributed by atoms with van der Waals surface area (Å²) in [4.78, 5) is 18.6. The predicted molar refractivity (Wildman–Crippen MR) is 86.3 cm³/mol. The summed E-state index contributed by atoms with van der Waals surface area (Å²) in [5.74, 6) is 0.0913. The Morgan fingerprint density at radius 3 is 2.95 bits per heavy atom. The van der Waals surface area contributed by atoms with E-state index < -0.39 is 0 Å². The fourth-order valence-electron chi connectivity index (χ4n) is 2.43. The number of ether oxygens (including phenoxy) is 1. The summed E-state index contributed by atoms with van der Waals surface area (Å²) < 4.78 is 5.80. The Morgan fingerprint density at radius 2 is 2.27 bits per heavy atom. The summed E-state index contributed by atoms with van der Waals surface area (Å²) in [6, 6.07) is 6.00. The Kier molecular flexibility index (Phi) is 5.91. The molecule has 1 aromatic rings. The van der Waals surface area contributed by atoms with E-state index in [0.29, 0.717) is 6.54 Å². The van der Waals surface area contributed by atoms with Crippen LogP contribution in [0.3, 0.4) is 0 Å². The van der Waals surface area contributed by atoms with Crippen molar-refractivity contribution in [1.29, 1.82) is 0 Å². The first-order valence-electron chi connectivity index (χ1n) is 7.97. The molecule has 1 fully saturated rings. The van der Waals surface area contributed by atoms with E-state index >= 15 is 0 Å². The fraction of sp³-hybridized carbons (Fsp3) is 0.647. The van der Waals surface area contributed by atoms with Crippen molar-refractivity contribution in [2.75, 3.05) is 26.2 Å². The summed E-state index contributed by atoms with van der Waals surface area (Å²) in [7, 11) is 0. The molecule has 0 spiro atoms. The molecule has 22 heavy (non-hydrogen) atoms. The molecule has 1 saturated heterocycles. The predicted octanol–water partition coefficient (Wildman–Crippen LogP) is 1.83. The van der Waals surface area contributed by atoms with Gasteiger partial charge in [-0.15, -0.1) is 0 Å². The van der Waals surface area contributed by atoms with Gasteiger partial charge in [0.25, 0.3) is 0 Å². The first-order chi connectivity index (χ1) is 10.4. The van der Waals surface area contributed by atoms with Crippen LogP contribution in [-0.4, -0.2) is 48.1 Å². The third-order valence-electron chi connectivity index (χ3n) is 3.77. The molecule has 1 aliphatic rings. The zero-order valence-corrected chi connectivity index (χ0v) is 13.8. The van der Waals surface area contributed by atoms with Crippen LogP contribution in [0.4, 0.5) is 0 Å². The highest BCUT2D eigenvalue weighted by molar-refractivity contribution is 5.81. The molecule has 0 bridgehead atoms. The molecule has 1 aliphatic heterocycles. The van der Waals surface area contributed by atoms with Gasteiger partial charge in [-0.1, -0.05) is 26.8 Å². The second-order valence-corrected chi connectivity index (χ2v) is 6.84. The number of nitrogens with zero attached hydrogens (tertiary/aromatic N) is 2. The van der Waals surface area contributed by atoms with E-state index in [1.165, 1.54) is 0 Å². The quantitative estimate of drug-likeness (QED) is 0.902. The minimum Gasteiger partial charge on any atom is -0.375 e. The van der Waals surface area contributed by atoms with Gasteiger partial charge >= 0.3 is 0 Å². The van der Waals surface area contributed by atoms with Crippen molar-refractivity contribution >= 4 is 5.91 Å². The van der Waals surface area contributed by atoms with Gasteiger partial charge in [-0.3, -0.25) is 14.7 Å². The Balaban J connectivity index is 1.73. The smallest absolute Gasteiger partial charge is 0.225 e. The molecule has 1 aromatic heterocycles. The van der Waals surface area contributed by atoms with Gasteiger partial charge in [0.1, 0.15) is 0 Å². The maximum atomic E-state index is 11.8. The Hall–Kier alpha value is -1.46. The van der Waals surface area contributed by atoms with Crippen molar-refractivity contribution < 1.29 is 9.53 Å². The molecule has 5 heteroatoms. The lowest BCUT2D eigenvalue weighted by atomic mass is 9.95. The molecule has 0 saturated carbocycles. The normalized spacial score (nSPS) is 19.9. The largest absolute Gasteiger partial charge is 0.375 e. The summed E-state index contributed by atoms with van der Waals surface area (Å²) in [5.41, 5.74) is 0.752. The summed E-state index contributed by atoms with van der Waals surface area (Å²) in [6.07, 6.45) is 2.85. The van der Waals surface area contributed by atoms with Gasteiger partial charge in [-0.05, 0) is 18.6 Å². The van der Waals surface area contributed by atoms with Crippen LogP contribution in [0.5, 0.6) is 0 Å². The van der Waals surface area contributed by atoms with E-state index in [0.717, 1.165) is 38.4 Å². The van der Waals surface area contributed by atoms with Gasteiger partial charge in [0.2, 0.25) is 5.91 Å². The van der Waals surface area contributed by atoms with Crippen molar-refractivity contribution in [3.05, 3.63) is 30.1 Å². The van der Waals surface area contributed by atoms with Crippen LogP contribution in [0.2, 0.25) is 0 Å². The number of hydrogen-bond donors (Lipinski definition) is 1. The van der Waals surface area contributed by atoms with Crippen LogP contribution in [0.15, 0.2) is 24.4 Å². The molecule has 0 aromatic carbocycles. The van der Waals surface area contributed by atoms with Crippen LogP contribution in [-0.2, 0) is 16.1 Å². The lowest BCUT2D eigenvalue weighted by Gasteiger charge is -2.33. The van der Waals surface area contributed by atoms with E-state index in [1.54, 1.807) is 0 Å². The van der Waals surface area contributed by atoms with Crippen molar-refractivity contribution in [3.63, 3.8) is 0 Å². The summed E-state index contributed by atoms with van der Waals surface area (Å²) >= 11 is 0. The highest BCUT2D eigenvalue weighted by atomic mass is 16.5. The molecule has 0 unspecified atom stereocenters. The molecule has 122 valence electrons. The summed E-state index contributed by atoms with van der Waals surface area (Å²) in [6.45, 7) is 9.86. The Bertz CT molecular complexity index is 471. The topological polar surface area (TPSA) is 54.5 Å². The first-order valence-corrected chi connectivity index (χ1v) is 7.97. The first kappa shape index (κ1) is 16.9. The lowest BCUT2D eigenvalue weighted by Crippen LogP contribution is -2.44. The van der Waals surface area contributed by atoms with Gasteiger partial charge in [0, 0.05) is 37.8 Å². The van der Waals surface area contributed by atoms with E-state index in [2.05, 4.69) is 15.2 Å². The Morgan fingerprint density at radius 1 is 1.45 bits per heavy atom. The molecular weight excluding hydrogens is 278 g/mol. The van der Waals surface area contributed by atoms with Crippen LogP contribution in [0.25, 0.3) is 0 Å². The lowest BCUT2D eigenvalue weighted by molar-refractivity contribution is -0.128. The molecule has 5 nitrogen and oxygen atoms in total. The number of hydrogen-bond acceptors (Lipinski definition) is 4. The third-order valence-corrected chi connectivity index (χ3v) is 3.77. The van der Waals surface area contributed by atoms with E-state index in [4.69, 9.17) is 4.74 Å². The molecule has 2 heterocycles. The maximum absolute atomic E-state index is 11.8. The molecule has 0 radical (unpaired) electrons. The third kappa shape index (κ3) is 5.39. The van der Waals surface area contributed by atoms with Gasteiger partial charge in [-0.25, -0.2) is 0 Å². The number of amides is 1. The van der Waals surface area contributed by atoms with Gasteiger partial charge < -0.3 is 10.1 Å². The molecule has 2 rings (SSSR count). The number of carbonyl (C=O) groups is 1. The van der Waals surface area contributed by atoms with Crippen LogP contribution in [0, 0.1) is 5.41 Å². The molecule has 0 aliphatic carbocycles. The molecule has 1 atom stereocenters. The number of aromatic nitrogens is 1. The van der Waals surface area contributed by atoms with Crippen molar-refractivity contribution in [2.45, 2.75) is 39.8 Å². The number of morpholine rings is 1. The minimum atomic E-state index is -0.335. The second-order valence-electron chi connectivity index (χ2n) is 6.84. The number of pyridine rings is 1. The van der Waals surface area contributed by atoms with Crippen LogP contribution >= 0.6 is 0 Å². The SMILES string of the molecule is CC(C)(C)C(=O)NCC[C@@H]1CN(Cc2ccccn2)CCO1. The van der Waals surface area contributed by atoms with Gasteiger partial charge in [0.05, 0.1) is 18.4 Å². The molecular formula is C17H27N3O2. The zero-order valence-electron chi connectivity index (χ0n) is 13.8. The standard InChI is InChI=1S/C17H27N3O2/c1-17(2,3)16(21)19-9-7-15-13-20(10-11-22-15)12-14-6-4-5-8-18-14/h4-6,8,15H,7,9-13H2,1-3H3,(H,19,21)/t15-/m1/s1. The second kappa shape index (κ2) is 7.70. The Labute approximate surface area is 133 Å². The molecule has 1 amide bonds. The van der Waals surface area contributed by atoms with E-state index in [-0.39, 0.29) is 17.4 Å². The average molecular weight is 305 g/mol. The van der Waals surface area contributed by atoms with Crippen molar-refractivity contribution in [1.82, 2.24) is 15.2 Å². The highest BCUT2D eigenvalue weighted by Crippen LogP contribution is 2.14. The van der Waals surface area contributed by atoms with Crippen molar-refractivity contribution in [2.24, 2.45) is 5.41 Å². The highest BCUT2D eigenvalue weighted by Gasteiger charge is 2.23. The average Bonchev–Trinajstić information content (AvgIpc) is 2.47.